The lowest BCUT2D eigenvalue weighted by Crippen LogP contribution is -2.41. The molecule has 1 fully saturated rings. The molecule has 0 saturated carbocycles. The molecular formula is C14H17BBrN3O2. The highest BCUT2D eigenvalue weighted by molar-refractivity contribution is 9.10. The van der Waals surface area contributed by atoms with Crippen LogP contribution in [-0.2, 0) is 9.31 Å². The Kier molecular flexibility index (Phi) is 2.91. The molecule has 0 N–H and O–H groups in total. The third kappa shape index (κ3) is 2.65. The summed E-state index contributed by atoms with van der Waals surface area (Å²) in [6.07, 6.45) is 1.68. The van der Waals surface area contributed by atoms with Gasteiger partial charge in [0.2, 0.25) is 0 Å². The van der Waals surface area contributed by atoms with E-state index in [4.69, 9.17) is 12.1 Å². The number of imidazole rings is 1. The molecule has 1 aliphatic heterocycles. The highest BCUT2D eigenvalue weighted by Crippen LogP contribution is 2.36. The second-order valence-corrected chi connectivity index (χ2v) is 6.73. The molecule has 3 heterocycles. The second kappa shape index (κ2) is 4.93. The van der Waals surface area contributed by atoms with Gasteiger partial charge in [-0.15, -0.1) is 0 Å². The zero-order chi connectivity index (χ0) is 17.0. The van der Waals surface area contributed by atoms with Crippen LogP contribution in [0.4, 0.5) is 0 Å². The molecule has 0 bridgehead atoms. The van der Waals surface area contributed by atoms with Gasteiger partial charge in [-0.3, -0.25) is 4.98 Å². The Hall–Kier alpha value is -1.18. The molecule has 7 heteroatoms. The van der Waals surface area contributed by atoms with Gasteiger partial charge in [0.15, 0.2) is 0 Å². The maximum absolute atomic E-state index is 7.93. The average Bonchev–Trinajstić information content (AvgIpc) is 2.83. The monoisotopic (exact) mass is 351 g/mol. The minimum absolute atomic E-state index is 0.0212. The van der Waals surface area contributed by atoms with Gasteiger partial charge in [-0.2, -0.15) is 0 Å². The molecular weight excluding hydrogens is 333 g/mol. The number of hydrogen-bond acceptors (Lipinski definition) is 4. The summed E-state index contributed by atoms with van der Waals surface area (Å²) >= 11 is 3.16. The van der Waals surface area contributed by atoms with E-state index < -0.39 is 18.3 Å². The van der Waals surface area contributed by atoms with Crippen molar-refractivity contribution in [3.05, 3.63) is 35.4 Å². The maximum Gasteiger partial charge on any atom is 0.514 e. The first kappa shape index (κ1) is 12.4. The largest absolute Gasteiger partial charge is 0.514 e. The van der Waals surface area contributed by atoms with E-state index in [9.17, 15) is 0 Å². The summed E-state index contributed by atoms with van der Waals surface area (Å²) in [5.41, 5.74) is 0.411. The molecule has 1 aliphatic rings. The van der Waals surface area contributed by atoms with Gasteiger partial charge in [-0.05, 0) is 55.8 Å². The van der Waals surface area contributed by atoms with Crippen molar-refractivity contribution in [1.82, 2.24) is 14.5 Å². The molecule has 110 valence electrons. The molecule has 0 radical (unpaired) electrons. The molecule has 3 rings (SSSR count). The highest BCUT2D eigenvalue weighted by Gasteiger charge is 2.52. The van der Waals surface area contributed by atoms with Crippen LogP contribution in [0.5, 0.6) is 0 Å². The summed E-state index contributed by atoms with van der Waals surface area (Å²) in [4.78, 5) is 8.29. The molecule has 1 saturated heterocycles. The minimum Gasteiger partial charge on any atom is -0.398 e. The minimum atomic E-state index is -0.533. The van der Waals surface area contributed by atoms with E-state index in [0.29, 0.717) is 15.9 Å². The van der Waals surface area contributed by atoms with E-state index in [1.54, 1.807) is 18.3 Å². The van der Waals surface area contributed by atoms with Crippen molar-refractivity contribution >= 4 is 28.6 Å². The quantitative estimate of drug-likeness (QED) is 0.779. The first-order valence-corrected chi connectivity index (χ1v) is 7.45. The molecule has 2 aromatic heterocycles. The first-order valence-electron chi connectivity index (χ1n) is 7.66. The molecule has 0 unspecified atom stereocenters. The number of hydrogen-bond donors (Lipinski definition) is 0. The number of nitrogens with zero attached hydrogens (tertiary/aromatic N) is 3. The van der Waals surface area contributed by atoms with Gasteiger partial charge in [0.1, 0.15) is 12.3 Å². The van der Waals surface area contributed by atoms with E-state index in [-0.39, 0.29) is 12.5 Å². The Labute approximate surface area is 135 Å². The Bertz CT molecular complexity index is 733. The first-order chi connectivity index (χ1) is 10.6. The van der Waals surface area contributed by atoms with Crippen molar-refractivity contribution in [3.8, 4) is 5.69 Å². The van der Waals surface area contributed by atoms with Crippen molar-refractivity contribution < 1.29 is 12.1 Å². The Morgan fingerprint density at radius 1 is 1.19 bits per heavy atom. The van der Waals surface area contributed by atoms with E-state index >= 15 is 0 Å². The van der Waals surface area contributed by atoms with Gasteiger partial charge >= 0.3 is 7.12 Å². The van der Waals surface area contributed by atoms with Crippen LogP contribution in [0.1, 0.15) is 30.4 Å². The number of pyridine rings is 1. The van der Waals surface area contributed by atoms with Gasteiger partial charge in [0, 0.05) is 6.17 Å². The standard InChI is InChI=1S/C14H17BBrN3O2/c1-13(2)14(3,4)21-15(20-13)11-6-5-10(7-17-11)19-8-12(16)18-9-19/h5-9H,1-4H3/i8D,9D. The maximum atomic E-state index is 7.93. The van der Waals surface area contributed by atoms with Crippen molar-refractivity contribution in [2.24, 2.45) is 0 Å². The molecule has 2 aromatic rings. The Morgan fingerprint density at radius 3 is 2.33 bits per heavy atom. The van der Waals surface area contributed by atoms with Crippen LogP contribution in [0, 0.1) is 0 Å². The molecule has 0 atom stereocenters. The van der Waals surface area contributed by atoms with E-state index in [2.05, 4.69) is 25.9 Å². The van der Waals surface area contributed by atoms with Crippen molar-refractivity contribution in [1.29, 1.82) is 0 Å². The summed E-state index contributed by atoms with van der Waals surface area (Å²) in [6.45, 7) is 7.96. The van der Waals surface area contributed by atoms with Crippen molar-refractivity contribution in [3.63, 3.8) is 0 Å². The molecule has 5 nitrogen and oxygen atoms in total. The lowest BCUT2D eigenvalue weighted by molar-refractivity contribution is 0.00578. The van der Waals surface area contributed by atoms with Gasteiger partial charge in [-0.1, -0.05) is 0 Å². The third-order valence-electron chi connectivity index (χ3n) is 3.98. The summed E-state index contributed by atoms with van der Waals surface area (Å²) in [5.74, 6) is 0. The lowest BCUT2D eigenvalue weighted by atomic mass is 9.84. The second-order valence-electron chi connectivity index (χ2n) is 5.98. The summed E-state index contributed by atoms with van der Waals surface area (Å²) < 4.78 is 29.4. The summed E-state index contributed by atoms with van der Waals surface area (Å²) in [6, 6.07) is 3.56. The molecule has 21 heavy (non-hydrogen) atoms. The molecule has 0 aliphatic carbocycles. The van der Waals surface area contributed by atoms with Crippen LogP contribution in [0.3, 0.4) is 0 Å². The van der Waals surface area contributed by atoms with Crippen molar-refractivity contribution in [2.45, 2.75) is 38.9 Å². The van der Waals surface area contributed by atoms with Crippen LogP contribution in [-0.4, -0.2) is 32.9 Å². The Balaban J connectivity index is 1.89. The number of aromatic nitrogens is 3. The molecule has 0 amide bonds. The van der Waals surface area contributed by atoms with Crippen LogP contribution in [0.15, 0.2) is 35.4 Å². The van der Waals surface area contributed by atoms with Crippen molar-refractivity contribution in [2.75, 3.05) is 0 Å². The topological polar surface area (TPSA) is 49.2 Å². The SMILES string of the molecule is [2H]c1nc(Br)c([2H])n1-c1ccc(B2OC(C)(C)C(C)(C)O2)nc1. The van der Waals surface area contributed by atoms with Crippen LogP contribution in [0.2, 0.25) is 0 Å². The third-order valence-corrected chi connectivity index (χ3v) is 4.33. The molecule has 0 aromatic carbocycles. The highest BCUT2D eigenvalue weighted by atomic mass is 79.9. The van der Waals surface area contributed by atoms with Gasteiger partial charge in [-0.25, -0.2) is 4.98 Å². The van der Waals surface area contributed by atoms with Gasteiger partial charge in [0.25, 0.3) is 0 Å². The summed E-state index contributed by atoms with van der Waals surface area (Å²) in [5, 5.41) is 0. The average molecular weight is 352 g/mol. The predicted molar refractivity (Wildman–Crippen MR) is 84.8 cm³/mol. The molecule has 0 spiro atoms. The van der Waals surface area contributed by atoms with Gasteiger partial charge < -0.3 is 13.9 Å². The summed E-state index contributed by atoms with van der Waals surface area (Å²) in [7, 11) is -0.533. The van der Waals surface area contributed by atoms with Crippen LogP contribution < -0.4 is 5.59 Å². The fourth-order valence-electron chi connectivity index (χ4n) is 1.99. The van der Waals surface area contributed by atoms with Crippen LogP contribution >= 0.6 is 15.9 Å². The van der Waals surface area contributed by atoms with E-state index in [0.717, 1.165) is 0 Å². The zero-order valence-corrected chi connectivity index (χ0v) is 13.9. The van der Waals surface area contributed by atoms with E-state index in [1.165, 1.54) is 4.57 Å². The predicted octanol–water partition coefficient (Wildman–Crippen LogP) is 2.33. The Morgan fingerprint density at radius 2 is 1.86 bits per heavy atom. The fraction of sp³-hybridized carbons (Fsp3) is 0.429. The normalized spacial score (nSPS) is 21.3. The fourth-order valence-corrected chi connectivity index (χ4v) is 2.25. The number of rotatable bonds is 2. The smallest absolute Gasteiger partial charge is 0.398 e. The number of halogens is 1. The van der Waals surface area contributed by atoms with Gasteiger partial charge in [0.05, 0.1) is 30.1 Å². The van der Waals surface area contributed by atoms with E-state index in [1.807, 2.05) is 27.7 Å². The van der Waals surface area contributed by atoms with Crippen LogP contribution in [0.25, 0.3) is 5.69 Å². The lowest BCUT2D eigenvalue weighted by Gasteiger charge is -2.32. The zero-order valence-electron chi connectivity index (χ0n) is 14.3.